The molecule has 0 saturated heterocycles. The van der Waals surface area contributed by atoms with E-state index in [0.717, 1.165) is 5.01 Å². The molecule has 0 radical (unpaired) electrons. The number of alkyl halides is 3. The summed E-state index contributed by atoms with van der Waals surface area (Å²) in [6.45, 7) is 3.32. The van der Waals surface area contributed by atoms with Crippen molar-refractivity contribution in [1.29, 1.82) is 5.26 Å². The Morgan fingerprint density at radius 1 is 1.35 bits per heavy atom. The van der Waals surface area contributed by atoms with Gasteiger partial charge in [0.25, 0.3) is 0 Å². The Bertz CT molecular complexity index is 422. The van der Waals surface area contributed by atoms with E-state index in [1.165, 1.54) is 24.3 Å². The minimum absolute atomic E-state index is 0.145. The quantitative estimate of drug-likeness (QED) is 0.353. The van der Waals surface area contributed by atoms with Crippen molar-refractivity contribution in [2.45, 2.75) is 12.9 Å². The lowest BCUT2D eigenvalue weighted by atomic mass is 10.2. The maximum absolute atomic E-state index is 11.9. The van der Waals surface area contributed by atoms with E-state index in [1.54, 1.807) is 6.19 Å². The highest BCUT2D eigenvalue weighted by Gasteiger charge is 2.30. The minimum Gasteiger partial charge on any atom is -0.406 e. The molecule has 4 nitrogen and oxygen atoms in total. The van der Waals surface area contributed by atoms with Crippen molar-refractivity contribution in [3.05, 3.63) is 29.8 Å². The summed E-state index contributed by atoms with van der Waals surface area (Å²) in [7, 11) is 0. The number of benzene rings is 1. The van der Waals surface area contributed by atoms with Gasteiger partial charge in [-0.2, -0.15) is 15.4 Å². The van der Waals surface area contributed by atoms with Crippen molar-refractivity contribution in [2.75, 3.05) is 0 Å². The molecule has 0 aliphatic heterocycles. The fourth-order valence-corrected chi connectivity index (χ4v) is 1.09. The minimum atomic E-state index is -4.71. The summed E-state index contributed by atoms with van der Waals surface area (Å²) in [5, 5.41) is 13.0. The lowest BCUT2D eigenvalue weighted by Crippen LogP contribution is -2.17. The maximum Gasteiger partial charge on any atom is 0.573 e. The molecule has 1 rings (SSSR count). The molecule has 0 spiro atoms. The van der Waals surface area contributed by atoms with Crippen LogP contribution in [0, 0.1) is 11.5 Å². The van der Waals surface area contributed by atoms with Gasteiger partial charge in [-0.3, -0.25) is 0 Å². The van der Waals surface area contributed by atoms with Crippen molar-refractivity contribution < 1.29 is 17.9 Å². The van der Waals surface area contributed by atoms with E-state index >= 15 is 0 Å². The lowest BCUT2D eigenvalue weighted by Gasteiger charge is -2.10. The number of hydrogen-bond acceptors (Lipinski definition) is 4. The predicted molar refractivity (Wildman–Crippen MR) is 53.8 cm³/mol. The summed E-state index contributed by atoms with van der Waals surface area (Å²) in [6.07, 6.45) is -2.96. The van der Waals surface area contributed by atoms with Crippen LogP contribution in [0.2, 0.25) is 0 Å². The van der Waals surface area contributed by atoms with Crippen LogP contribution < -0.4 is 4.74 Å². The first-order chi connectivity index (χ1) is 7.94. The number of halogens is 3. The summed E-state index contributed by atoms with van der Waals surface area (Å²) in [4.78, 5) is 0. The number of hydrazone groups is 1. The summed E-state index contributed by atoms with van der Waals surface area (Å²) < 4.78 is 39.3. The molecular formula is C10H8F3N3O. The first-order valence-electron chi connectivity index (χ1n) is 4.43. The molecule has 0 unspecified atom stereocenters. The Morgan fingerprint density at radius 2 is 1.94 bits per heavy atom. The van der Waals surface area contributed by atoms with Crippen LogP contribution in [0.5, 0.6) is 5.75 Å². The Hall–Kier alpha value is -2.23. The monoisotopic (exact) mass is 243 g/mol. The zero-order valence-electron chi connectivity index (χ0n) is 8.61. The molecule has 0 bridgehead atoms. The molecular weight excluding hydrogens is 235 g/mol. The largest absolute Gasteiger partial charge is 0.573 e. The van der Waals surface area contributed by atoms with Gasteiger partial charge in [-0.25, -0.2) is 0 Å². The van der Waals surface area contributed by atoms with Gasteiger partial charge < -0.3 is 4.74 Å². The van der Waals surface area contributed by atoms with Crippen molar-refractivity contribution in [3.63, 3.8) is 0 Å². The number of nitriles is 1. The summed E-state index contributed by atoms with van der Waals surface area (Å²) in [5.41, 5.74) is 0.619. The Balaban J connectivity index is 2.69. The molecule has 17 heavy (non-hydrogen) atoms. The normalized spacial score (nSPS) is 10.5. The Labute approximate surface area is 95.5 Å². The van der Waals surface area contributed by atoms with Gasteiger partial charge in [-0.05, 0) is 17.7 Å². The molecule has 0 heterocycles. The summed E-state index contributed by atoms with van der Waals surface area (Å²) in [6, 6.07) is 5.16. The van der Waals surface area contributed by atoms with Gasteiger partial charge in [-0.1, -0.05) is 12.1 Å². The molecule has 0 amide bonds. The number of rotatable bonds is 4. The van der Waals surface area contributed by atoms with Crippen LogP contribution in [0.1, 0.15) is 5.56 Å². The molecule has 0 aliphatic carbocycles. The van der Waals surface area contributed by atoms with Gasteiger partial charge >= 0.3 is 6.36 Å². The molecule has 7 heteroatoms. The molecule has 90 valence electrons. The Morgan fingerprint density at radius 3 is 2.35 bits per heavy atom. The third kappa shape index (κ3) is 4.42. The zero-order chi connectivity index (χ0) is 12.9. The second-order valence-corrected chi connectivity index (χ2v) is 2.99. The van der Waals surface area contributed by atoms with Gasteiger partial charge in [0.05, 0.1) is 6.54 Å². The van der Waals surface area contributed by atoms with Crippen LogP contribution in [0.4, 0.5) is 13.2 Å². The molecule has 0 aromatic heterocycles. The van der Waals surface area contributed by atoms with Gasteiger partial charge in [0.15, 0.2) is 0 Å². The average molecular weight is 243 g/mol. The van der Waals surface area contributed by atoms with Gasteiger partial charge in [0, 0.05) is 6.72 Å². The lowest BCUT2D eigenvalue weighted by molar-refractivity contribution is -0.274. The van der Waals surface area contributed by atoms with Crippen LogP contribution >= 0.6 is 0 Å². The molecule has 0 N–H and O–H groups in total. The maximum atomic E-state index is 11.9. The highest BCUT2D eigenvalue weighted by Crippen LogP contribution is 2.22. The van der Waals surface area contributed by atoms with Crippen molar-refractivity contribution in [3.8, 4) is 11.9 Å². The average Bonchev–Trinajstić information content (AvgIpc) is 2.26. The van der Waals surface area contributed by atoms with E-state index in [4.69, 9.17) is 5.26 Å². The first-order valence-corrected chi connectivity index (χ1v) is 4.43. The van der Waals surface area contributed by atoms with Gasteiger partial charge in [0.2, 0.25) is 6.19 Å². The van der Waals surface area contributed by atoms with Crippen molar-refractivity contribution >= 4 is 6.72 Å². The zero-order valence-corrected chi connectivity index (χ0v) is 8.61. The molecule has 1 aromatic rings. The van der Waals surface area contributed by atoms with Gasteiger partial charge in [0.1, 0.15) is 5.75 Å². The summed E-state index contributed by atoms with van der Waals surface area (Å²) >= 11 is 0. The van der Waals surface area contributed by atoms with Crippen molar-refractivity contribution in [2.24, 2.45) is 5.10 Å². The predicted octanol–water partition coefficient (Wildman–Crippen LogP) is 2.48. The number of hydrogen-bond donors (Lipinski definition) is 0. The van der Waals surface area contributed by atoms with E-state index in [0.29, 0.717) is 5.56 Å². The highest BCUT2D eigenvalue weighted by atomic mass is 19.4. The fourth-order valence-electron chi connectivity index (χ4n) is 1.09. The van der Waals surface area contributed by atoms with Crippen molar-refractivity contribution in [1.82, 2.24) is 5.01 Å². The number of ether oxygens (including phenoxy) is 1. The molecule has 1 aromatic carbocycles. The topological polar surface area (TPSA) is 48.6 Å². The van der Waals surface area contributed by atoms with E-state index in [2.05, 4.69) is 16.6 Å². The third-order valence-electron chi connectivity index (χ3n) is 1.78. The second kappa shape index (κ2) is 5.21. The molecule has 0 saturated carbocycles. The van der Waals surface area contributed by atoms with Crippen LogP contribution in [0.25, 0.3) is 0 Å². The number of nitrogens with zero attached hydrogens (tertiary/aromatic N) is 3. The van der Waals surface area contributed by atoms with Crippen LogP contribution in [-0.4, -0.2) is 18.1 Å². The van der Waals surface area contributed by atoms with E-state index in [-0.39, 0.29) is 12.3 Å². The standard InChI is InChI=1S/C10H8F3N3O/c1-15-16(7-14)6-8-2-4-9(5-3-8)17-10(11,12)13/h2-5H,1,6H2. The summed E-state index contributed by atoms with van der Waals surface area (Å²) in [5.74, 6) is -0.309. The van der Waals surface area contributed by atoms with Crippen LogP contribution in [0.3, 0.4) is 0 Å². The smallest absolute Gasteiger partial charge is 0.406 e. The highest BCUT2D eigenvalue weighted by molar-refractivity contribution is 5.28. The first kappa shape index (κ1) is 12.8. The molecule has 0 fully saturated rings. The van der Waals surface area contributed by atoms with E-state index in [9.17, 15) is 13.2 Å². The SMILES string of the molecule is C=NN(C#N)Cc1ccc(OC(F)(F)F)cc1. The van der Waals surface area contributed by atoms with Crippen LogP contribution in [-0.2, 0) is 6.54 Å². The van der Waals surface area contributed by atoms with E-state index < -0.39 is 6.36 Å². The fraction of sp³-hybridized carbons (Fsp3) is 0.200. The molecule has 0 aliphatic rings. The van der Waals surface area contributed by atoms with Gasteiger partial charge in [-0.15, -0.1) is 13.2 Å². The van der Waals surface area contributed by atoms with E-state index in [1.807, 2.05) is 0 Å². The Kier molecular flexibility index (Phi) is 3.93. The van der Waals surface area contributed by atoms with Crippen LogP contribution in [0.15, 0.2) is 29.4 Å². The molecule has 0 atom stereocenters. The third-order valence-corrected chi connectivity index (χ3v) is 1.78. The second-order valence-electron chi connectivity index (χ2n) is 2.99.